The number of benzene rings is 2. The van der Waals surface area contributed by atoms with Gasteiger partial charge in [0.1, 0.15) is 24.2 Å². The molecular formula is C23H28F2N2O3. The predicted molar refractivity (Wildman–Crippen MR) is 111 cm³/mol. The first kappa shape index (κ1) is 21.9. The molecule has 7 heteroatoms. The fourth-order valence-electron chi connectivity index (χ4n) is 3.38. The third-order valence-electron chi connectivity index (χ3n) is 5.08. The van der Waals surface area contributed by atoms with Crippen LogP contribution >= 0.6 is 0 Å². The van der Waals surface area contributed by atoms with Gasteiger partial charge < -0.3 is 19.7 Å². The van der Waals surface area contributed by atoms with E-state index in [0.29, 0.717) is 25.4 Å². The zero-order valence-electron chi connectivity index (χ0n) is 17.4. The molecule has 0 aromatic heterocycles. The summed E-state index contributed by atoms with van der Waals surface area (Å²) in [4.78, 5) is 14.3. The molecule has 0 unspecified atom stereocenters. The number of amides is 2. The minimum Gasteiger partial charge on any atom is -0.490 e. The molecule has 5 nitrogen and oxygen atoms in total. The highest BCUT2D eigenvalue weighted by Gasteiger charge is 2.24. The molecule has 0 spiro atoms. The van der Waals surface area contributed by atoms with Crippen molar-refractivity contribution in [3.63, 3.8) is 0 Å². The first-order valence-corrected chi connectivity index (χ1v) is 10.2. The first-order valence-electron chi connectivity index (χ1n) is 10.2. The van der Waals surface area contributed by atoms with Crippen molar-refractivity contribution in [2.75, 3.05) is 19.7 Å². The van der Waals surface area contributed by atoms with Crippen molar-refractivity contribution < 1.29 is 23.0 Å². The summed E-state index contributed by atoms with van der Waals surface area (Å²) in [5.41, 5.74) is 3.07. The quantitative estimate of drug-likeness (QED) is 0.709. The van der Waals surface area contributed by atoms with Crippen molar-refractivity contribution in [1.82, 2.24) is 10.2 Å². The maximum absolute atomic E-state index is 12.5. The summed E-state index contributed by atoms with van der Waals surface area (Å²) in [6.07, 6.45) is -0.872. The summed E-state index contributed by atoms with van der Waals surface area (Å²) >= 11 is 0. The van der Waals surface area contributed by atoms with Crippen molar-refractivity contribution in [3.05, 3.63) is 59.2 Å². The number of alkyl halides is 2. The van der Waals surface area contributed by atoms with E-state index in [-0.39, 0.29) is 12.1 Å². The maximum Gasteiger partial charge on any atom is 0.317 e. The summed E-state index contributed by atoms with van der Waals surface area (Å²) in [5, 5.41) is 2.88. The van der Waals surface area contributed by atoms with Gasteiger partial charge in [-0.2, -0.15) is 0 Å². The molecule has 1 saturated heterocycles. The molecule has 1 fully saturated rings. The van der Waals surface area contributed by atoms with E-state index in [1.807, 2.05) is 26.0 Å². The summed E-state index contributed by atoms with van der Waals surface area (Å²) in [6.45, 7) is 4.99. The molecule has 0 aliphatic carbocycles. The normalized spacial score (nSPS) is 14.6. The number of piperidine rings is 1. The number of hydrogen-bond donors (Lipinski definition) is 1. The lowest BCUT2D eigenvalue weighted by atomic mass is 10.1. The molecule has 0 bridgehead atoms. The Morgan fingerprint density at radius 1 is 1.17 bits per heavy atom. The Hall–Kier alpha value is -2.83. The number of hydrogen-bond acceptors (Lipinski definition) is 3. The van der Waals surface area contributed by atoms with Gasteiger partial charge in [-0.1, -0.05) is 24.3 Å². The van der Waals surface area contributed by atoms with Gasteiger partial charge in [-0.15, -0.1) is 0 Å². The van der Waals surface area contributed by atoms with E-state index in [4.69, 9.17) is 9.47 Å². The van der Waals surface area contributed by atoms with Crippen molar-refractivity contribution in [2.45, 2.75) is 45.8 Å². The SMILES string of the molecule is Cc1ccc(C)c(OC2CCN(C(=O)NCc3cccc(OCC(F)F)c3)CC2)c1. The highest BCUT2D eigenvalue weighted by molar-refractivity contribution is 5.74. The molecule has 3 rings (SSSR count). The fourth-order valence-corrected chi connectivity index (χ4v) is 3.38. The second kappa shape index (κ2) is 10.3. The van der Waals surface area contributed by atoms with E-state index in [1.54, 1.807) is 23.1 Å². The molecule has 1 N–H and O–H groups in total. The Balaban J connectivity index is 1.44. The van der Waals surface area contributed by atoms with Crippen molar-refractivity contribution >= 4 is 6.03 Å². The molecule has 2 amide bonds. The number of nitrogens with one attached hydrogen (secondary N) is 1. The monoisotopic (exact) mass is 418 g/mol. The van der Waals surface area contributed by atoms with Crippen LogP contribution in [-0.4, -0.2) is 43.2 Å². The lowest BCUT2D eigenvalue weighted by molar-refractivity contribution is 0.0818. The van der Waals surface area contributed by atoms with E-state index in [1.165, 1.54) is 0 Å². The molecule has 30 heavy (non-hydrogen) atoms. The predicted octanol–water partition coefficient (Wildman–Crippen LogP) is 4.70. The average molecular weight is 418 g/mol. The van der Waals surface area contributed by atoms with Gasteiger partial charge in [-0.05, 0) is 48.7 Å². The summed E-state index contributed by atoms with van der Waals surface area (Å²) in [5.74, 6) is 1.28. The highest BCUT2D eigenvalue weighted by Crippen LogP contribution is 2.24. The second-order valence-electron chi connectivity index (χ2n) is 7.58. The van der Waals surface area contributed by atoms with Crippen LogP contribution in [0.4, 0.5) is 13.6 Å². The molecule has 0 saturated carbocycles. The molecule has 1 heterocycles. The zero-order chi connectivity index (χ0) is 21.5. The molecule has 1 aliphatic rings. The molecular weight excluding hydrogens is 390 g/mol. The summed E-state index contributed by atoms with van der Waals surface area (Å²) in [6, 6.07) is 12.8. The Bertz CT molecular complexity index is 852. The van der Waals surface area contributed by atoms with Crippen LogP contribution in [0.3, 0.4) is 0 Å². The standard InChI is InChI=1S/C23H28F2N2O3/c1-16-6-7-17(2)21(12-16)30-19-8-10-27(11-9-19)23(28)26-14-18-4-3-5-20(13-18)29-15-22(24)25/h3-7,12-13,19,22H,8-11,14-15H2,1-2H3,(H,26,28). The number of rotatable bonds is 7. The van der Waals surface area contributed by atoms with Crippen LogP contribution in [0.5, 0.6) is 11.5 Å². The van der Waals surface area contributed by atoms with Crippen LogP contribution in [-0.2, 0) is 6.54 Å². The van der Waals surface area contributed by atoms with Crippen LogP contribution in [0.15, 0.2) is 42.5 Å². The lowest BCUT2D eigenvalue weighted by Gasteiger charge is -2.32. The minimum atomic E-state index is -2.52. The van der Waals surface area contributed by atoms with E-state index in [0.717, 1.165) is 35.3 Å². The Labute approximate surface area is 176 Å². The van der Waals surface area contributed by atoms with Crippen LogP contribution in [0, 0.1) is 13.8 Å². The average Bonchev–Trinajstić information content (AvgIpc) is 2.74. The van der Waals surface area contributed by atoms with Gasteiger partial charge >= 0.3 is 6.03 Å². The molecule has 2 aromatic carbocycles. The largest absolute Gasteiger partial charge is 0.490 e. The number of aryl methyl sites for hydroxylation is 2. The van der Waals surface area contributed by atoms with Gasteiger partial charge in [0.2, 0.25) is 0 Å². The third kappa shape index (κ3) is 6.34. The topological polar surface area (TPSA) is 50.8 Å². The first-order chi connectivity index (χ1) is 14.4. The van der Waals surface area contributed by atoms with Crippen molar-refractivity contribution in [3.8, 4) is 11.5 Å². The molecule has 162 valence electrons. The minimum absolute atomic E-state index is 0.0956. The van der Waals surface area contributed by atoms with Crippen LogP contribution < -0.4 is 14.8 Å². The van der Waals surface area contributed by atoms with Crippen molar-refractivity contribution in [2.24, 2.45) is 0 Å². The zero-order valence-corrected chi connectivity index (χ0v) is 17.4. The van der Waals surface area contributed by atoms with Gasteiger partial charge in [-0.25, -0.2) is 13.6 Å². The molecule has 0 radical (unpaired) electrons. The number of urea groups is 1. The van der Waals surface area contributed by atoms with Gasteiger partial charge in [0, 0.05) is 32.5 Å². The Morgan fingerprint density at radius 3 is 2.67 bits per heavy atom. The number of nitrogens with zero attached hydrogens (tertiary/aromatic N) is 1. The van der Waals surface area contributed by atoms with E-state index < -0.39 is 13.0 Å². The van der Waals surface area contributed by atoms with Crippen LogP contribution in [0.25, 0.3) is 0 Å². The van der Waals surface area contributed by atoms with Gasteiger partial charge in [0.05, 0.1) is 0 Å². The number of ether oxygens (including phenoxy) is 2. The molecule has 2 aromatic rings. The number of likely N-dealkylation sites (tertiary alicyclic amines) is 1. The Morgan fingerprint density at radius 2 is 1.93 bits per heavy atom. The Kier molecular flexibility index (Phi) is 7.49. The van der Waals surface area contributed by atoms with E-state index in [9.17, 15) is 13.6 Å². The third-order valence-corrected chi connectivity index (χ3v) is 5.08. The van der Waals surface area contributed by atoms with Gasteiger partial charge in [0.15, 0.2) is 0 Å². The van der Waals surface area contributed by atoms with Gasteiger partial charge in [-0.3, -0.25) is 0 Å². The van der Waals surface area contributed by atoms with Crippen LogP contribution in [0.2, 0.25) is 0 Å². The molecule has 1 aliphatic heterocycles. The maximum atomic E-state index is 12.5. The summed E-state index contributed by atoms with van der Waals surface area (Å²) in [7, 11) is 0. The fraction of sp³-hybridized carbons (Fsp3) is 0.435. The van der Waals surface area contributed by atoms with Crippen molar-refractivity contribution in [1.29, 1.82) is 0 Å². The van der Waals surface area contributed by atoms with E-state index >= 15 is 0 Å². The number of carbonyl (C=O) groups is 1. The van der Waals surface area contributed by atoms with Crippen LogP contribution in [0.1, 0.15) is 29.5 Å². The van der Waals surface area contributed by atoms with E-state index in [2.05, 4.69) is 17.4 Å². The van der Waals surface area contributed by atoms with Gasteiger partial charge in [0.25, 0.3) is 6.43 Å². The number of carbonyl (C=O) groups excluding carboxylic acids is 1. The molecule has 0 atom stereocenters. The summed E-state index contributed by atoms with van der Waals surface area (Å²) < 4.78 is 35.7. The lowest BCUT2D eigenvalue weighted by Crippen LogP contribution is -2.46. The number of halogens is 2. The smallest absolute Gasteiger partial charge is 0.317 e. The highest BCUT2D eigenvalue weighted by atomic mass is 19.3. The second-order valence-corrected chi connectivity index (χ2v) is 7.58.